The summed E-state index contributed by atoms with van der Waals surface area (Å²) < 4.78 is 47.4. The van der Waals surface area contributed by atoms with Gasteiger partial charge in [0.2, 0.25) is 11.8 Å². The summed E-state index contributed by atoms with van der Waals surface area (Å²) in [4.78, 5) is 28.4. The van der Waals surface area contributed by atoms with Crippen molar-refractivity contribution in [3.63, 3.8) is 0 Å². The minimum Gasteiger partial charge on any atom is -0.497 e. The molecule has 0 heterocycles. The molecule has 0 aliphatic rings. The topological polar surface area (TPSA) is 96.0 Å². The van der Waals surface area contributed by atoms with Gasteiger partial charge in [0.05, 0.1) is 17.7 Å². The Morgan fingerprint density at radius 3 is 2.23 bits per heavy atom. The van der Waals surface area contributed by atoms with Gasteiger partial charge in [0, 0.05) is 17.6 Å². The Hall–Kier alpha value is -3.63. The van der Waals surface area contributed by atoms with Crippen LogP contribution in [0.5, 0.6) is 5.75 Å². The second kappa shape index (κ2) is 13.6. The molecule has 1 atom stereocenters. The highest BCUT2D eigenvalue weighted by atomic mass is 35.5. The lowest BCUT2D eigenvalue weighted by Crippen LogP contribution is -2.53. The lowest BCUT2D eigenvalue weighted by molar-refractivity contribution is -0.140. The Kier molecular flexibility index (Phi) is 10.5. The zero-order valence-electron chi connectivity index (χ0n) is 22.8. The number of benzene rings is 3. The molecule has 1 N–H and O–H groups in total. The zero-order chi connectivity index (χ0) is 29.4. The summed E-state index contributed by atoms with van der Waals surface area (Å²) in [6.45, 7) is 4.73. The van der Waals surface area contributed by atoms with Crippen LogP contribution >= 0.6 is 11.6 Å². The molecule has 8 nitrogen and oxygen atoms in total. The van der Waals surface area contributed by atoms with Crippen molar-refractivity contribution >= 4 is 39.1 Å². The van der Waals surface area contributed by atoms with E-state index in [1.807, 2.05) is 0 Å². The third kappa shape index (κ3) is 7.73. The predicted octanol–water partition coefficient (Wildman–Crippen LogP) is 5.02. The van der Waals surface area contributed by atoms with Crippen LogP contribution in [-0.4, -0.2) is 50.9 Å². The number of rotatable bonds is 12. The molecule has 0 bridgehead atoms. The van der Waals surface area contributed by atoms with Crippen molar-refractivity contribution in [2.24, 2.45) is 0 Å². The fourth-order valence-corrected chi connectivity index (χ4v) is 5.71. The van der Waals surface area contributed by atoms with Crippen molar-refractivity contribution in [1.82, 2.24) is 10.2 Å². The molecular weight excluding hydrogens is 557 g/mol. The van der Waals surface area contributed by atoms with Gasteiger partial charge in [0.1, 0.15) is 24.2 Å². The van der Waals surface area contributed by atoms with Crippen LogP contribution in [0.4, 0.5) is 10.1 Å². The molecule has 0 spiro atoms. The van der Waals surface area contributed by atoms with Crippen LogP contribution < -0.4 is 14.4 Å². The molecule has 0 radical (unpaired) electrons. The average molecular weight is 590 g/mol. The Balaban J connectivity index is 2.06. The number of hydrogen-bond acceptors (Lipinski definition) is 5. The molecule has 0 fully saturated rings. The fourth-order valence-electron chi connectivity index (χ4n) is 4.12. The summed E-state index contributed by atoms with van der Waals surface area (Å²) in [5, 5.41) is 3.11. The first-order chi connectivity index (χ1) is 19.0. The number of sulfonamides is 1. The third-order valence-corrected chi connectivity index (χ3v) is 8.13. The first kappa shape index (κ1) is 30.9. The Bertz CT molecular complexity index is 1420. The van der Waals surface area contributed by atoms with Crippen LogP contribution in [0.15, 0.2) is 77.7 Å². The van der Waals surface area contributed by atoms with E-state index < -0.39 is 34.3 Å². The summed E-state index contributed by atoms with van der Waals surface area (Å²) in [5.74, 6) is -0.965. The van der Waals surface area contributed by atoms with Gasteiger partial charge in [-0.25, -0.2) is 12.8 Å². The maximum atomic E-state index is 14.0. The van der Waals surface area contributed by atoms with Gasteiger partial charge in [-0.1, -0.05) is 36.7 Å². The van der Waals surface area contributed by atoms with Crippen LogP contribution in [0.2, 0.25) is 5.02 Å². The van der Waals surface area contributed by atoms with E-state index in [-0.39, 0.29) is 40.5 Å². The van der Waals surface area contributed by atoms with Crippen LogP contribution in [0, 0.1) is 5.82 Å². The number of anilines is 1. The van der Waals surface area contributed by atoms with Crippen molar-refractivity contribution in [2.45, 2.75) is 50.7 Å². The Morgan fingerprint density at radius 2 is 1.68 bits per heavy atom. The number of ether oxygens (including phenoxy) is 1. The summed E-state index contributed by atoms with van der Waals surface area (Å²) >= 11 is 6.19. The summed E-state index contributed by atoms with van der Waals surface area (Å²) in [6.07, 6.45) is 0.272. The summed E-state index contributed by atoms with van der Waals surface area (Å²) in [7, 11) is -2.79. The molecule has 3 aromatic carbocycles. The van der Waals surface area contributed by atoms with E-state index in [4.69, 9.17) is 16.3 Å². The summed E-state index contributed by atoms with van der Waals surface area (Å²) in [5.41, 5.74) is 0.760. The molecule has 0 saturated heterocycles. The Labute approximate surface area is 239 Å². The second-order valence-corrected chi connectivity index (χ2v) is 11.7. The maximum Gasteiger partial charge on any atom is 0.264 e. The lowest BCUT2D eigenvalue weighted by Gasteiger charge is -2.33. The molecule has 2 amide bonds. The molecule has 0 aromatic heterocycles. The molecule has 0 aliphatic heterocycles. The van der Waals surface area contributed by atoms with Gasteiger partial charge in [0.15, 0.2) is 0 Å². The Morgan fingerprint density at radius 1 is 1.02 bits per heavy atom. The highest BCUT2D eigenvalue weighted by Crippen LogP contribution is 2.28. The van der Waals surface area contributed by atoms with Gasteiger partial charge in [-0.05, 0) is 80.4 Å². The van der Waals surface area contributed by atoms with Crippen LogP contribution in [0.25, 0.3) is 0 Å². The monoisotopic (exact) mass is 589 g/mol. The smallest absolute Gasteiger partial charge is 0.264 e. The lowest BCUT2D eigenvalue weighted by atomic mass is 10.1. The van der Waals surface area contributed by atoms with E-state index in [1.165, 1.54) is 72.7 Å². The van der Waals surface area contributed by atoms with Crippen molar-refractivity contribution in [3.05, 3.63) is 89.2 Å². The molecule has 0 unspecified atom stereocenters. The van der Waals surface area contributed by atoms with Gasteiger partial charge in [-0.2, -0.15) is 0 Å². The first-order valence-corrected chi connectivity index (χ1v) is 14.5. The maximum absolute atomic E-state index is 14.0. The van der Waals surface area contributed by atoms with E-state index in [2.05, 4.69) is 5.32 Å². The standard InChI is InChI=1S/C29H33ClFN3O5S/c1-5-27(29(36)32-20(2)3)33(18-21-9-11-23(31)12-10-21)28(35)19-34(24-8-6-7-22(30)17-24)40(37,38)26-15-13-25(39-4)14-16-26/h6-17,20,27H,5,18-19H2,1-4H3,(H,32,36)/t27-/m1/s1. The molecular formula is C29H33ClFN3O5S. The molecule has 3 rings (SSSR count). The predicted molar refractivity (Wildman–Crippen MR) is 153 cm³/mol. The van der Waals surface area contributed by atoms with E-state index in [0.29, 0.717) is 11.3 Å². The first-order valence-electron chi connectivity index (χ1n) is 12.7. The van der Waals surface area contributed by atoms with Gasteiger partial charge >= 0.3 is 0 Å². The molecule has 0 saturated carbocycles. The van der Waals surface area contributed by atoms with Gasteiger partial charge in [-0.3, -0.25) is 13.9 Å². The molecule has 40 heavy (non-hydrogen) atoms. The number of nitrogens with zero attached hydrogens (tertiary/aromatic N) is 2. The van der Waals surface area contributed by atoms with Crippen molar-refractivity contribution < 1.29 is 27.1 Å². The number of halogens is 2. The minimum absolute atomic E-state index is 0.0326. The highest BCUT2D eigenvalue weighted by Gasteiger charge is 2.34. The molecule has 214 valence electrons. The molecule has 11 heteroatoms. The van der Waals surface area contributed by atoms with Crippen molar-refractivity contribution in [1.29, 1.82) is 0 Å². The third-order valence-electron chi connectivity index (χ3n) is 6.11. The minimum atomic E-state index is -4.25. The summed E-state index contributed by atoms with van der Waals surface area (Å²) in [6, 6.07) is 16.4. The molecule has 3 aromatic rings. The molecule has 0 aliphatic carbocycles. The zero-order valence-corrected chi connectivity index (χ0v) is 24.4. The number of carbonyl (C=O) groups is 2. The number of hydrogen-bond donors (Lipinski definition) is 1. The number of carbonyl (C=O) groups excluding carboxylic acids is 2. The number of nitrogens with one attached hydrogen (secondary N) is 1. The van der Waals surface area contributed by atoms with Crippen molar-refractivity contribution in [2.75, 3.05) is 18.0 Å². The van der Waals surface area contributed by atoms with E-state index >= 15 is 0 Å². The fraction of sp³-hybridized carbons (Fsp3) is 0.310. The van der Waals surface area contributed by atoms with Gasteiger partial charge in [0.25, 0.3) is 10.0 Å². The van der Waals surface area contributed by atoms with Gasteiger partial charge in [-0.15, -0.1) is 0 Å². The highest BCUT2D eigenvalue weighted by molar-refractivity contribution is 7.92. The van der Waals surface area contributed by atoms with Crippen LogP contribution in [0.1, 0.15) is 32.8 Å². The van der Waals surface area contributed by atoms with Crippen molar-refractivity contribution in [3.8, 4) is 5.75 Å². The van der Waals surface area contributed by atoms with E-state index in [9.17, 15) is 22.4 Å². The van der Waals surface area contributed by atoms with Crippen LogP contribution in [0.3, 0.4) is 0 Å². The normalized spacial score (nSPS) is 12.1. The SMILES string of the molecule is CC[C@H](C(=O)NC(C)C)N(Cc1ccc(F)cc1)C(=O)CN(c1cccc(Cl)c1)S(=O)(=O)c1ccc(OC)cc1. The largest absolute Gasteiger partial charge is 0.497 e. The quantitative estimate of drug-likeness (QED) is 0.320. The number of methoxy groups -OCH3 is 1. The van der Waals surface area contributed by atoms with Gasteiger partial charge < -0.3 is 15.0 Å². The van der Waals surface area contributed by atoms with E-state index in [0.717, 1.165) is 4.31 Å². The average Bonchev–Trinajstić information content (AvgIpc) is 2.92. The second-order valence-electron chi connectivity index (χ2n) is 9.40. The van der Waals surface area contributed by atoms with Crippen LogP contribution in [-0.2, 0) is 26.2 Å². The van der Waals surface area contributed by atoms with E-state index in [1.54, 1.807) is 32.9 Å². The number of amides is 2.